The molecule has 0 radical (unpaired) electrons. The van der Waals surface area contributed by atoms with Gasteiger partial charge in [-0.3, -0.25) is 4.79 Å². The summed E-state index contributed by atoms with van der Waals surface area (Å²) in [6, 6.07) is 4.11. The van der Waals surface area contributed by atoms with Gasteiger partial charge in [0.15, 0.2) is 5.78 Å². The molecule has 0 aromatic heterocycles. The second-order valence-corrected chi connectivity index (χ2v) is 6.72. The summed E-state index contributed by atoms with van der Waals surface area (Å²) >= 11 is 3.53. The number of aryl methyl sites for hydroxylation is 2. The van der Waals surface area contributed by atoms with Crippen LogP contribution in [0.4, 0.5) is 0 Å². The molecule has 1 aliphatic carbocycles. The maximum Gasteiger partial charge on any atom is 0.168 e. The molecule has 1 nitrogen and oxygen atoms in total. The number of carbonyl (C=O) groups is 1. The molecule has 18 heavy (non-hydrogen) atoms. The molecule has 0 heterocycles. The molecule has 1 aliphatic rings. The monoisotopic (exact) mass is 308 g/mol. The first-order chi connectivity index (χ1) is 8.44. The number of Topliss-reactive ketones (excluding diaryl/α,β-unsaturated/α-hetero) is 1. The molecule has 0 saturated heterocycles. The van der Waals surface area contributed by atoms with Crippen LogP contribution in [0.5, 0.6) is 0 Å². The van der Waals surface area contributed by atoms with E-state index in [9.17, 15) is 4.79 Å². The minimum atomic E-state index is -0.136. The molecule has 1 saturated carbocycles. The number of benzene rings is 1. The van der Waals surface area contributed by atoms with Crippen LogP contribution in [0.25, 0.3) is 0 Å². The number of rotatable bonds is 2. The number of halogens is 1. The average Bonchev–Trinajstić information content (AvgIpc) is 2.34. The lowest BCUT2D eigenvalue weighted by atomic mass is 9.70. The molecular weight excluding hydrogens is 288 g/mol. The minimum Gasteiger partial charge on any atom is -0.294 e. The fourth-order valence-corrected chi connectivity index (χ4v) is 3.37. The number of hydrogen-bond donors (Lipinski definition) is 0. The van der Waals surface area contributed by atoms with E-state index >= 15 is 0 Å². The summed E-state index contributed by atoms with van der Waals surface area (Å²) in [5, 5.41) is 0. The summed E-state index contributed by atoms with van der Waals surface area (Å²) in [6.45, 7) is 6.22. The van der Waals surface area contributed by atoms with Crippen molar-refractivity contribution in [2.45, 2.75) is 52.9 Å². The Hall–Kier alpha value is -0.630. The molecule has 2 heteroatoms. The highest BCUT2D eigenvalue weighted by Gasteiger charge is 2.35. The van der Waals surface area contributed by atoms with Gasteiger partial charge in [-0.25, -0.2) is 0 Å². The second kappa shape index (κ2) is 5.16. The van der Waals surface area contributed by atoms with Gasteiger partial charge in [0.2, 0.25) is 0 Å². The van der Waals surface area contributed by atoms with Crippen LogP contribution in [0.2, 0.25) is 0 Å². The van der Waals surface area contributed by atoms with Gasteiger partial charge < -0.3 is 0 Å². The summed E-state index contributed by atoms with van der Waals surface area (Å²) in [5.74, 6) is 0.343. The lowest BCUT2D eigenvalue weighted by Crippen LogP contribution is -2.30. The lowest BCUT2D eigenvalue weighted by molar-refractivity contribution is 0.0748. The molecule has 1 aromatic carbocycles. The third-order valence-electron chi connectivity index (χ3n) is 4.26. The molecule has 0 amide bonds. The van der Waals surface area contributed by atoms with E-state index < -0.39 is 0 Å². The predicted molar refractivity (Wildman–Crippen MR) is 79.1 cm³/mol. The third kappa shape index (κ3) is 2.54. The summed E-state index contributed by atoms with van der Waals surface area (Å²) in [5.41, 5.74) is 3.01. The second-order valence-electron chi connectivity index (χ2n) is 5.87. The zero-order chi connectivity index (χ0) is 13.3. The molecule has 0 aliphatic heterocycles. The number of ketones is 1. The first-order valence-corrected chi connectivity index (χ1v) is 7.55. The van der Waals surface area contributed by atoms with Gasteiger partial charge in [-0.15, -0.1) is 0 Å². The molecule has 0 atom stereocenters. The Morgan fingerprint density at radius 3 is 2.33 bits per heavy atom. The Morgan fingerprint density at radius 2 is 1.72 bits per heavy atom. The predicted octanol–water partition coefficient (Wildman–Crippen LogP) is 5.22. The van der Waals surface area contributed by atoms with E-state index in [0.717, 1.165) is 34.0 Å². The largest absolute Gasteiger partial charge is 0.294 e. The van der Waals surface area contributed by atoms with Crippen molar-refractivity contribution in [2.75, 3.05) is 0 Å². The SMILES string of the molecule is Cc1cc(C(=O)C2(C)CCCCC2)c(C)cc1Br. The molecule has 0 spiro atoms. The van der Waals surface area contributed by atoms with Crippen molar-refractivity contribution in [3.8, 4) is 0 Å². The highest BCUT2D eigenvalue weighted by atomic mass is 79.9. The fraction of sp³-hybridized carbons (Fsp3) is 0.562. The van der Waals surface area contributed by atoms with Crippen LogP contribution in [0.1, 0.15) is 60.5 Å². The van der Waals surface area contributed by atoms with Crippen molar-refractivity contribution in [2.24, 2.45) is 5.41 Å². The van der Waals surface area contributed by atoms with Crippen molar-refractivity contribution < 1.29 is 4.79 Å². The van der Waals surface area contributed by atoms with Crippen molar-refractivity contribution in [3.63, 3.8) is 0 Å². The van der Waals surface area contributed by atoms with Crippen LogP contribution in [-0.4, -0.2) is 5.78 Å². The van der Waals surface area contributed by atoms with E-state index in [-0.39, 0.29) is 5.41 Å². The minimum absolute atomic E-state index is 0.136. The topological polar surface area (TPSA) is 17.1 Å². The van der Waals surface area contributed by atoms with Crippen molar-refractivity contribution in [1.29, 1.82) is 0 Å². The van der Waals surface area contributed by atoms with Crippen molar-refractivity contribution >= 4 is 21.7 Å². The highest BCUT2D eigenvalue weighted by Crippen LogP contribution is 2.39. The molecule has 98 valence electrons. The first kappa shape index (κ1) is 13.8. The zero-order valence-corrected chi connectivity index (χ0v) is 13.1. The van der Waals surface area contributed by atoms with E-state index in [1.807, 2.05) is 19.9 Å². The van der Waals surface area contributed by atoms with Crippen LogP contribution in [-0.2, 0) is 0 Å². The average molecular weight is 309 g/mol. The van der Waals surface area contributed by atoms with Gasteiger partial charge >= 0.3 is 0 Å². The smallest absolute Gasteiger partial charge is 0.168 e. The van der Waals surface area contributed by atoms with Crippen LogP contribution >= 0.6 is 15.9 Å². The van der Waals surface area contributed by atoms with Gasteiger partial charge in [0, 0.05) is 15.5 Å². The Bertz CT molecular complexity index is 470. The van der Waals surface area contributed by atoms with Crippen LogP contribution in [0.3, 0.4) is 0 Å². The van der Waals surface area contributed by atoms with Gasteiger partial charge in [0.05, 0.1) is 0 Å². The van der Waals surface area contributed by atoms with E-state index in [1.54, 1.807) is 0 Å². The van der Waals surface area contributed by atoms with Crippen LogP contribution in [0.15, 0.2) is 16.6 Å². The number of carbonyl (C=O) groups excluding carboxylic acids is 1. The fourth-order valence-electron chi connectivity index (χ4n) is 2.91. The molecular formula is C16H21BrO. The highest BCUT2D eigenvalue weighted by molar-refractivity contribution is 9.10. The number of hydrogen-bond acceptors (Lipinski definition) is 1. The summed E-state index contributed by atoms with van der Waals surface area (Å²) < 4.78 is 1.09. The Labute approximate surface area is 118 Å². The Balaban J connectivity index is 2.36. The van der Waals surface area contributed by atoms with Gasteiger partial charge in [0.25, 0.3) is 0 Å². The van der Waals surface area contributed by atoms with E-state index in [2.05, 4.69) is 28.9 Å². The summed E-state index contributed by atoms with van der Waals surface area (Å²) in [6.07, 6.45) is 5.75. The van der Waals surface area contributed by atoms with Gasteiger partial charge in [-0.1, -0.05) is 42.1 Å². The quantitative estimate of drug-likeness (QED) is 0.685. The zero-order valence-electron chi connectivity index (χ0n) is 11.5. The molecule has 0 N–H and O–H groups in total. The van der Waals surface area contributed by atoms with E-state index in [4.69, 9.17) is 0 Å². The summed E-state index contributed by atoms with van der Waals surface area (Å²) in [4.78, 5) is 12.8. The van der Waals surface area contributed by atoms with Crippen LogP contribution < -0.4 is 0 Å². The van der Waals surface area contributed by atoms with Crippen molar-refractivity contribution in [3.05, 3.63) is 33.3 Å². The van der Waals surface area contributed by atoms with Gasteiger partial charge in [0.1, 0.15) is 0 Å². The first-order valence-electron chi connectivity index (χ1n) is 6.75. The van der Waals surface area contributed by atoms with Gasteiger partial charge in [-0.05, 0) is 49.9 Å². The third-order valence-corrected chi connectivity index (χ3v) is 5.11. The molecule has 2 rings (SSSR count). The molecule has 1 fully saturated rings. The molecule has 1 aromatic rings. The van der Waals surface area contributed by atoms with Gasteiger partial charge in [-0.2, -0.15) is 0 Å². The van der Waals surface area contributed by atoms with E-state index in [1.165, 1.54) is 19.3 Å². The van der Waals surface area contributed by atoms with Crippen molar-refractivity contribution in [1.82, 2.24) is 0 Å². The van der Waals surface area contributed by atoms with Crippen LogP contribution in [0, 0.1) is 19.3 Å². The molecule has 0 unspecified atom stereocenters. The normalized spacial score (nSPS) is 18.7. The Kier molecular flexibility index (Phi) is 3.96. The molecule has 0 bridgehead atoms. The van der Waals surface area contributed by atoms with E-state index in [0.29, 0.717) is 5.78 Å². The maximum atomic E-state index is 12.8. The lowest BCUT2D eigenvalue weighted by Gasteiger charge is -2.32. The maximum absolute atomic E-state index is 12.8. The summed E-state index contributed by atoms with van der Waals surface area (Å²) in [7, 11) is 0. The standard InChI is InChI=1S/C16H21BrO/c1-11-10-14(17)12(2)9-13(11)15(18)16(3)7-5-4-6-8-16/h9-10H,4-8H2,1-3H3. The Morgan fingerprint density at radius 1 is 1.11 bits per heavy atom.